The molecule has 4 rings (SSSR count). The maximum Gasteiger partial charge on any atom is 0.335 e. The van der Waals surface area contributed by atoms with Gasteiger partial charge in [0.1, 0.15) is 6.61 Å². The first-order valence-corrected chi connectivity index (χ1v) is 12.4. The van der Waals surface area contributed by atoms with Gasteiger partial charge < -0.3 is 15.6 Å². The zero-order valence-electron chi connectivity index (χ0n) is 20.0. The van der Waals surface area contributed by atoms with Crippen LogP contribution >= 0.6 is 11.9 Å². The van der Waals surface area contributed by atoms with Crippen molar-refractivity contribution in [2.24, 2.45) is 11.7 Å². The van der Waals surface area contributed by atoms with Crippen LogP contribution in [0.1, 0.15) is 40.7 Å². The summed E-state index contributed by atoms with van der Waals surface area (Å²) in [6, 6.07) is 13.8. The molecule has 2 aromatic carbocycles. The van der Waals surface area contributed by atoms with Crippen LogP contribution < -0.4 is 15.2 Å². The molecule has 36 heavy (non-hydrogen) atoms. The molecule has 1 fully saturated rings. The third kappa shape index (κ3) is 6.50. The molecular weight excluding hydrogens is 486 g/mol. The number of carboxylic acids is 1. The van der Waals surface area contributed by atoms with Gasteiger partial charge in [0, 0.05) is 35.4 Å². The van der Waals surface area contributed by atoms with E-state index in [0.717, 1.165) is 16.7 Å². The number of nitrogens with zero attached hydrogens (tertiary/aromatic N) is 2. The number of nitrogens with one attached hydrogen (secondary N) is 1. The Balaban J connectivity index is 1.52. The molecule has 1 unspecified atom stereocenters. The molecule has 0 aliphatic heterocycles. The average molecular weight is 515 g/mol. The highest BCUT2D eigenvalue weighted by Crippen LogP contribution is 2.44. The average Bonchev–Trinajstić information content (AvgIpc) is 2.80. The van der Waals surface area contributed by atoms with Crippen LogP contribution in [0.25, 0.3) is 11.3 Å². The van der Waals surface area contributed by atoms with Gasteiger partial charge in [-0.15, -0.1) is 0 Å². The van der Waals surface area contributed by atoms with E-state index >= 15 is 0 Å². The third-order valence-corrected chi connectivity index (χ3v) is 6.81. The van der Waals surface area contributed by atoms with Crippen LogP contribution in [0.2, 0.25) is 0 Å². The Morgan fingerprint density at radius 1 is 1.19 bits per heavy atom. The summed E-state index contributed by atoms with van der Waals surface area (Å²) in [4.78, 5) is 21.0. The molecule has 1 saturated carbocycles. The molecule has 1 atom stereocenters. The second-order valence-electron chi connectivity index (χ2n) is 9.16. The lowest BCUT2D eigenvalue weighted by Crippen LogP contribution is -2.40. The van der Waals surface area contributed by atoms with Crippen molar-refractivity contribution in [3.05, 3.63) is 65.2 Å². The molecule has 1 aliphatic rings. The number of halogens is 2. The van der Waals surface area contributed by atoms with Gasteiger partial charge in [0.15, 0.2) is 0 Å². The van der Waals surface area contributed by atoms with E-state index in [0.29, 0.717) is 22.9 Å². The van der Waals surface area contributed by atoms with Crippen LogP contribution in [0.3, 0.4) is 0 Å². The minimum Gasteiger partial charge on any atom is -0.478 e. The lowest BCUT2D eigenvalue weighted by Gasteiger charge is -2.36. The van der Waals surface area contributed by atoms with E-state index in [1.807, 2.05) is 32.0 Å². The molecule has 190 valence electrons. The third-order valence-electron chi connectivity index (χ3n) is 6.04. The van der Waals surface area contributed by atoms with Crippen LogP contribution in [-0.4, -0.2) is 39.6 Å². The number of nitrogens with two attached hydrogens (primary N) is 1. The molecule has 0 bridgehead atoms. The quantitative estimate of drug-likeness (QED) is 0.295. The predicted octanol–water partition coefficient (Wildman–Crippen LogP) is 5.72. The van der Waals surface area contributed by atoms with Gasteiger partial charge in [0.05, 0.1) is 11.3 Å². The Morgan fingerprint density at radius 3 is 2.56 bits per heavy atom. The van der Waals surface area contributed by atoms with Crippen molar-refractivity contribution in [1.29, 1.82) is 0 Å². The van der Waals surface area contributed by atoms with Crippen LogP contribution in [-0.2, 0) is 0 Å². The molecule has 7 nitrogen and oxygen atoms in total. The predicted molar refractivity (Wildman–Crippen MR) is 136 cm³/mol. The van der Waals surface area contributed by atoms with Gasteiger partial charge in [-0.2, -0.15) is 4.98 Å². The van der Waals surface area contributed by atoms with Crippen molar-refractivity contribution in [2.45, 2.75) is 50.0 Å². The number of benzene rings is 2. The molecule has 0 radical (unpaired) electrons. The maximum absolute atomic E-state index is 13.1. The number of carbonyl (C=O) groups is 1. The van der Waals surface area contributed by atoms with Gasteiger partial charge in [-0.25, -0.2) is 18.6 Å². The first-order valence-electron chi connectivity index (χ1n) is 11.6. The second kappa shape index (κ2) is 10.8. The summed E-state index contributed by atoms with van der Waals surface area (Å²) in [7, 11) is 0. The summed E-state index contributed by atoms with van der Waals surface area (Å²) in [5, 5.41) is 9.23. The largest absolute Gasteiger partial charge is 0.478 e. The molecule has 1 aromatic heterocycles. The highest BCUT2D eigenvalue weighted by molar-refractivity contribution is 8.00. The minimum atomic E-state index is -2.57. The van der Waals surface area contributed by atoms with Crippen LogP contribution in [0, 0.1) is 19.8 Å². The Labute approximate surface area is 212 Å². The fourth-order valence-corrected chi connectivity index (χ4v) is 4.96. The zero-order chi connectivity index (χ0) is 25.9. The SMILES string of the molecule is Cc1cccc(C)c1-c1cc(OCC(N)CC2CC(F)(F)C2)nc(NSc2cccc(C(=O)O)c2)n1. The summed E-state index contributed by atoms with van der Waals surface area (Å²) in [6.45, 7) is 4.13. The lowest BCUT2D eigenvalue weighted by atomic mass is 9.78. The summed E-state index contributed by atoms with van der Waals surface area (Å²) in [5.74, 6) is -3.09. The summed E-state index contributed by atoms with van der Waals surface area (Å²) < 4.78 is 35.2. The number of hydrogen-bond acceptors (Lipinski definition) is 7. The second-order valence-corrected chi connectivity index (χ2v) is 10.0. The monoisotopic (exact) mass is 514 g/mol. The van der Waals surface area contributed by atoms with Crippen LogP contribution in [0.5, 0.6) is 5.88 Å². The van der Waals surface area contributed by atoms with E-state index in [1.165, 1.54) is 18.0 Å². The van der Waals surface area contributed by atoms with Crippen molar-refractivity contribution in [2.75, 3.05) is 11.3 Å². The molecule has 0 spiro atoms. The number of carboxylic acid groups (broad SMARTS) is 1. The number of aryl methyl sites for hydroxylation is 2. The number of alkyl halides is 2. The van der Waals surface area contributed by atoms with Gasteiger partial charge in [-0.3, -0.25) is 4.72 Å². The number of aromatic carboxylic acids is 1. The van der Waals surface area contributed by atoms with E-state index in [-0.39, 0.29) is 36.9 Å². The van der Waals surface area contributed by atoms with Gasteiger partial charge in [0.2, 0.25) is 17.8 Å². The summed E-state index contributed by atoms with van der Waals surface area (Å²) in [6.07, 6.45) is 0.212. The smallest absolute Gasteiger partial charge is 0.335 e. The Morgan fingerprint density at radius 2 is 1.89 bits per heavy atom. The minimum absolute atomic E-state index is 0.0932. The van der Waals surface area contributed by atoms with E-state index in [2.05, 4.69) is 14.7 Å². The van der Waals surface area contributed by atoms with Crippen LogP contribution in [0.15, 0.2) is 53.4 Å². The highest BCUT2D eigenvalue weighted by atomic mass is 32.2. The molecule has 1 heterocycles. The fraction of sp³-hybridized carbons (Fsp3) is 0.346. The first kappa shape index (κ1) is 25.8. The van der Waals surface area contributed by atoms with Crippen LogP contribution in [0.4, 0.5) is 14.7 Å². The van der Waals surface area contributed by atoms with E-state index in [4.69, 9.17) is 10.5 Å². The zero-order valence-corrected chi connectivity index (χ0v) is 20.8. The molecular formula is C26H28F2N4O3S. The van der Waals surface area contributed by atoms with Crippen molar-refractivity contribution in [3.63, 3.8) is 0 Å². The van der Waals surface area contributed by atoms with Gasteiger partial charge in [0.25, 0.3) is 0 Å². The molecule has 0 saturated heterocycles. The highest BCUT2D eigenvalue weighted by Gasteiger charge is 2.45. The molecule has 10 heteroatoms. The van der Waals surface area contributed by atoms with Crippen molar-refractivity contribution in [3.8, 4) is 17.1 Å². The van der Waals surface area contributed by atoms with E-state index < -0.39 is 17.9 Å². The standard InChI is InChI=1S/C26H28F2N4O3S/c1-15-5-3-6-16(2)23(15)21-11-22(35-14-19(29)9-17-12-26(27,28)13-17)31-25(30-21)32-36-20-8-4-7-18(10-20)24(33)34/h3-8,10-11,17,19H,9,12-14,29H2,1-2H3,(H,33,34)(H,30,31,32). The van der Waals surface area contributed by atoms with Crippen molar-refractivity contribution >= 4 is 23.9 Å². The van der Waals surface area contributed by atoms with E-state index in [1.54, 1.807) is 24.3 Å². The number of aromatic nitrogens is 2. The summed E-state index contributed by atoms with van der Waals surface area (Å²) in [5.41, 5.74) is 10.0. The van der Waals surface area contributed by atoms with Crippen molar-refractivity contribution < 1.29 is 23.4 Å². The van der Waals surface area contributed by atoms with Gasteiger partial charge in [-0.1, -0.05) is 24.3 Å². The summed E-state index contributed by atoms with van der Waals surface area (Å²) >= 11 is 1.18. The molecule has 0 amide bonds. The topological polar surface area (TPSA) is 110 Å². The normalized spacial score (nSPS) is 15.7. The lowest BCUT2D eigenvalue weighted by molar-refractivity contribution is -0.113. The number of hydrogen-bond donors (Lipinski definition) is 3. The Kier molecular flexibility index (Phi) is 7.75. The molecule has 3 aromatic rings. The number of anilines is 1. The van der Waals surface area contributed by atoms with Crippen molar-refractivity contribution in [1.82, 2.24) is 9.97 Å². The number of ether oxygens (including phenoxy) is 1. The maximum atomic E-state index is 13.1. The fourth-order valence-electron chi connectivity index (χ4n) is 4.33. The first-order chi connectivity index (χ1) is 17.1. The Bertz CT molecular complexity index is 1230. The Hall–Kier alpha value is -3.24. The molecule has 1 aliphatic carbocycles. The number of rotatable bonds is 10. The van der Waals surface area contributed by atoms with Gasteiger partial charge in [-0.05, 0) is 67.5 Å². The van der Waals surface area contributed by atoms with E-state index in [9.17, 15) is 18.7 Å². The molecule has 4 N–H and O–H groups in total. The van der Waals surface area contributed by atoms with Gasteiger partial charge >= 0.3 is 5.97 Å².